The molecular formula is C21H22F3N7O2. The van der Waals surface area contributed by atoms with Gasteiger partial charge in [0, 0.05) is 25.5 Å². The summed E-state index contributed by atoms with van der Waals surface area (Å²) in [4.78, 5) is 36.6. The zero-order valence-electron chi connectivity index (χ0n) is 18.1. The van der Waals surface area contributed by atoms with Crippen LogP contribution in [0.4, 0.5) is 13.2 Å². The molecule has 4 aromatic heterocycles. The number of alkyl halides is 3. The first-order valence-corrected chi connectivity index (χ1v) is 10.5. The SMILES string of the molecule is CCCn1c(=O)c2[nH]c(-c3cnn(Cc4ccc(C(F)(F)F)nc4)c3)nc2n(CCC)c1=O. The summed E-state index contributed by atoms with van der Waals surface area (Å²) in [6.07, 6.45) is 1.18. The van der Waals surface area contributed by atoms with Crippen molar-refractivity contribution in [3.63, 3.8) is 0 Å². The fraction of sp³-hybridized carbons (Fsp3) is 0.381. The van der Waals surface area contributed by atoms with Crippen LogP contribution in [0, 0.1) is 0 Å². The Morgan fingerprint density at radius 3 is 2.39 bits per heavy atom. The molecule has 0 atom stereocenters. The quantitative estimate of drug-likeness (QED) is 0.456. The molecule has 12 heteroatoms. The van der Waals surface area contributed by atoms with Gasteiger partial charge in [-0.15, -0.1) is 0 Å². The van der Waals surface area contributed by atoms with Gasteiger partial charge < -0.3 is 4.98 Å². The zero-order chi connectivity index (χ0) is 23.8. The van der Waals surface area contributed by atoms with Gasteiger partial charge in [0.2, 0.25) is 0 Å². The van der Waals surface area contributed by atoms with Crippen LogP contribution >= 0.6 is 0 Å². The van der Waals surface area contributed by atoms with E-state index in [9.17, 15) is 22.8 Å². The number of nitrogens with zero attached hydrogens (tertiary/aromatic N) is 6. The van der Waals surface area contributed by atoms with Gasteiger partial charge in [-0.2, -0.15) is 18.3 Å². The molecule has 0 saturated carbocycles. The number of pyridine rings is 1. The molecule has 0 bridgehead atoms. The van der Waals surface area contributed by atoms with E-state index in [-0.39, 0.29) is 23.4 Å². The number of hydrogen-bond acceptors (Lipinski definition) is 5. The molecule has 33 heavy (non-hydrogen) atoms. The van der Waals surface area contributed by atoms with Crippen molar-refractivity contribution in [3.05, 3.63) is 62.8 Å². The van der Waals surface area contributed by atoms with Crippen molar-refractivity contribution in [2.45, 2.75) is 52.5 Å². The monoisotopic (exact) mass is 461 g/mol. The number of aromatic amines is 1. The lowest BCUT2D eigenvalue weighted by molar-refractivity contribution is -0.141. The largest absolute Gasteiger partial charge is 0.433 e. The number of rotatable bonds is 7. The van der Waals surface area contributed by atoms with E-state index in [1.165, 1.54) is 26.1 Å². The third kappa shape index (κ3) is 4.32. The highest BCUT2D eigenvalue weighted by atomic mass is 19.4. The molecule has 0 fully saturated rings. The molecule has 9 nitrogen and oxygen atoms in total. The summed E-state index contributed by atoms with van der Waals surface area (Å²) in [5, 5.41) is 4.23. The van der Waals surface area contributed by atoms with Gasteiger partial charge in [0.25, 0.3) is 5.56 Å². The van der Waals surface area contributed by atoms with Crippen molar-refractivity contribution in [2.75, 3.05) is 0 Å². The standard InChI is InChI=1S/C21H22F3N7O2/c1-3-7-30-18-16(19(32)31(8-4-2)20(30)33)27-17(28-18)14-10-26-29(12-14)11-13-5-6-15(25-9-13)21(22,23)24/h5-6,9-10,12H,3-4,7-8,11H2,1-2H3,(H,27,28). The number of H-pyrrole nitrogens is 1. The third-order valence-electron chi connectivity index (χ3n) is 5.12. The van der Waals surface area contributed by atoms with Crippen molar-refractivity contribution in [2.24, 2.45) is 0 Å². The number of aromatic nitrogens is 7. The molecule has 0 spiro atoms. The van der Waals surface area contributed by atoms with E-state index in [0.29, 0.717) is 42.9 Å². The average molecular weight is 461 g/mol. The Morgan fingerprint density at radius 2 is 1.76 bits per heavy atom. The molecule has 0 amide bonds. The highest BCUT2D eigenvalue weighted by molar-refractivity contribution is 5.75. The van der Waals surface area contributed by atoms with E-state index in [1.807, 2.05) is 13.8 Å². The first-order valence-electron chi connectivity index (χ1n) is 10.5. The van der Waals surface area contributed by atoms with Crippen LogP contribution in [0.2, 0.25) is 0 Å². The van der Waals surface area contributed by atoms with E-state index in [0.717, 1.165) is 12.3 Å². The maximum absolute atomic E-state index is 12.9. The van der Waals surface area contributed by atoms with Gasteiger partial charge in [0.15, 0.2) is 5.65 Å². The predicted molar refractivity (Wildman–Crippen MR) is 115 cm³/mol. The van der Waals surface area contributed by atoms with Crippen LogP contribution < -0.4 is 11.2 Å². The topological polar surface area (TPSA) is 103 Å². The molecule has 0 saturated heterocycles. The molecule has 4 aromatic rings. The summed E-state index contributed by atoms with van der Waals surface area (Å²) in [5.41, 5.74) is -0.128. The molecule has 0 aromatic carbocycles. The van der Waals surface area contributed by atoms with Crippen LogP contribution in [-0.4, -0.2) is 33.9 Å². The number of halogens is 3. The van der Waals surface area contributed by atoms with Gasteiger partial charge in [-0.3, -0.25) is 23.6 Å². The molecule has 0 aliphatic heterocycles. The Kier molecular flexibility index (Phi) is 5.91. The smallest absolute Gasteiger partial charge is 0.332 e. The Hall–Kier alpha value is -3.70. The van der Waals surface area contributed by atoms with Crippen molar-refractivity contribution in [3.8, 4) is 11.4 Å². The molecule has 4 heterocycles. The fourth-order valence-electron chi connectivity index (χ4n) is 3.59. The van der Waals surface area contributed by atoms with E-state index in [4.69, 9.17) is 0 Å². The summed E-state index contributed by atoms with van der Waals surface area (Å²) in [7, 11) is 0. The maximum Gasteiger partial charge on any atom is 0.433 e. The summed E-state index contributed by atoms with van der Waals surface area (Å²) < 4.78 is 42.3. The van der Waals surface area contributed by atoms with Gasteiger partial charge in [-0.05, 0) is 24.5 Å². The Balaban J connectivity index is 1.68. The summed E-state index contributed by atoms with van der Waals surface area (Å²) >= 11 is 0. The number of nitrogens with one attached hydrogen (secondary N) is 1. The fourth-order valence-corrected chi connectivity index (χ4v) is 3.59. The minimum absolute atomic E-state index is 0.204. The predicted octanol–water partition coefficient (Wildman–Crippen LogP) is 3.03. The van der Waals surface area contributed by atoms with Crippen LogP contribution in [0.1, 0.15) is 37.9 Å². The van der Waals surface area contributed by atoms with Gasteiger partial charge >= 0.3 is 11.9 Å². The van der Waals surface area contributed by atoms with E-state index in [2.05, 4.69) is 20.1 Å². The molecule has 0 unspecified atom stereocenters. The number of fused-ring (bicyclic) bond motifs is 1. The average Bonchev–Trinajstić information content (AvgIpc) is 3.41. The van der Waals surface area contributed by atoms with Gasteiger partial charge in [0.05, 0.1) is 18.3 Å². The van der Waals surface area contributed by atoms with Crippen LogP contribution in [0.25, 0.3) is 22.6 Å². The lowest BCUT2D eigenvalue weighted by Gasteiger charge is -2.09. The molecule has 174 valence electrons. The van der Waals surface area contributed by atoms with Crippen molar-refractivity contribution in [1.29, 1.82) is 0 Å². The molecule has 0 aliphatic carbocycles. The first kappa shape index (κ1) is 22.5. The summed E-state index contributed by atoms with van der Waals surface area (Å²) in [6, 6.07) is 2.27. The van der Waals surface area contributed by atoms with Gasteiger partial charge in [-0.1, -0.05) is 19.9 Å². The first-order chi connectivity index (χ1) is 15.7. The second kappa shape index (κ2) is 8.68. The maximum atomic E-state index is 12.9. The van der Waals surface area contributed by atoms with Gasteiger partial charge in [0.1, 0.15) is 17.0 Å². The minimum Gasteiger partial charge on any atom is -0.332 e. The summed E-state index contributed by atoms with van der Waals surface area (Å²) in [6.45, 7) is 4.75. The number of hydrogen-bond donors (Lipinski definition) is 1. The Bertz CT molecular complexity index is 1390. The van der Waals surface area contributed by atoms with Crippen molar-refractivity contribution >= 4 is 11.2 Å². The second-order valence-electron chi connectivity index (χ2n) is 7.65. The normalized spacial score (nSPS) is 12.0. The Labute approximate surface area is 185 Å². The highest BCUT2D eigenvalue weighted by Crippen LogP contribution is 2.27. The molecule has 4 rings (SSSR count). The van der Waals surface area contributed by atoms with E-state index >= 15 is 0 Å². The van der Waals surface area contributed by atoms with Gasteiger partial charge in [-0.25, -0.2) is 9.78 Å². The highest BCUT2D eigenvalue weighted by Gasteiger charge is 2.32. The Morgan fingerprint density at radius 1 is 1.03 bits per heavy atom. The summed E-state index contributed by atoms with van der Waals surface area (Å²) in [5.74, 6) is 0.373. The van der Waals surface area contributed by atoms with Crippen molar-refractivity contribution in [1.82, 2.24) is 33.9 Å². The van der Waals surface area contributed by atoms with Crippen molar-refractivity contribution < 1.29 is 13.2 Å². The van der Waals surface area contributed by atoms with E-state index < -0.39 is 17.4 Å². The van der Waals surface area contributed by atoms with Crippen LogP contribution in [0.3, 0.4) is 0 Å². The second-order valence-corrected chi connectivity index (χ2v) is 7.65. The molecular weight excluding hydrogens is 439 g/mol. The molecule has 1 N–H and O–H groups in total. The third-order valence-corrected chi connectivity index (χ3v) is 5.12. The number of imidazole rings is 1. The molecule has 0 aliphatic rings. The lowest BCUT2D eigenvalue weighted by Crippen LogP contribution is -2.40. The number of aryl methyl sites for hydroxylation is 1. The molecule has 0 radical (unpaired) electrons. The zero-order valence-corrected chi connectivity index (χ0v) is 18.1. The van der Waals surface area contributed by atoms with Crippen LogP contribution in [0.5, 0.6) is 0 Å². The minimum atomic E-state index is -4.49. The lowest BCUT2D eigenvalue weighted by atomic mass is 10.2. The van der Waals surface area contributed by atoms with Crippen LogP contribution in [-0.2, 0) is 25.8 Å². The van der Waals surface area contributed by atoms with Crippen LogP contribution in [0.15, 0.2) is 40.3 Å². The van der Waals surface area contributed by atoms with E-state index in [1.54, 1.807) is 6.20 Å².